The number of nitrogens with zero attached hydrogens (tertiary/aromatic N) is 4. The molecule has 6 nitrogen and oxygen atoms in total. The van der Waals surface area contributed by atoms with Crippen molar-refractivity contribution >= 4 is 34.7 Å². The Morgan fingerprint density at radius 1 is 1.31 bits per heavy atom. The minimum absolute atomic E-state index is 0.118. The number of halogens is 3. The maximum absolute atomic E-state index is 14.9. The molecule has 3 heterocycles. The first-order valence-corrected chi connectivity index (χ1v) is 12.6. The molecule has 36 heavy (non-hydrogen) atoms. The van der Waals surface area contributed by atoms with Gasteiger partial charge in [-0.2, -0.15) is 5.26 Å². The number of nitrogens with two attached hydrogens (primary N) is 1. The van der Waals surface area contributed by atoms with Gasteiger partial charge in [-0.1, -0.05) is 23.9 Å². The number of fused-ring (bicyclic) bond motifs is 4. The zero-order valence-corrected chi connectivity index (χ0v) is 20.0. The van der Waals surface area contributed by atoms with E-state index in [-0.39, 0.29) is 35.5 Å². The molecule has 10 heteroatoms. The fourth-order valence-corrected chi connectivity index (χ4v) is 7.22. The second-order valence-corrected chi connectivity index (χ2v) is 11.3. The molecule has 1 amide bonds. The Balaban J connectivity index is 1.29. The zero-order chi connectivity index (χ0) is 25.3. The summed E-state index contributed by atoms with van der Waals surface area (Å²) in [4.78, 5) is 23.5. The summed E-state index contributed by atoms with van der Waals surface area (Å²) in [5.41, 5.74) is 8.52. The lowest BCUT2D eigenvalue weighted by molar-refractivity contribution is -0.142. The summed E-state index contributed by atoms with van der Waals surface area (Å²) in [5, 5.41) is 9.18. The van der Waals surface area contributed by atoms with Crippen LogP contribution in [0.1, 0.15) is 47.2 Å². The highest BCUT2D eigenvalue weighted by atomic mass is 32.2. The number of thioether (sulfide) groups is 1. The number of amidine groups is 1. The lowest BCUT2D eigenvalue weighted by Crippen LogP contribution is -2.53. The summed E-state index contributed by atoms with van der Waals surface area (Å²) in [5.74, 6) is -3.85. The maximum Gasteiger partial charge on any atom is 0.265 e. The molecule has 2 fully saturated rings. The third-order valence-corrected chi connectivity index (χ3v) is 8.91. The van der Waals surface area contributed by atoms with Crippen LogP contribution in [0.2, 0.25) is 0 Å². The van der Waals surface area contributed by atoms with Crippen molar-refractivity contribution in [1.82, 2.24) is 9.88 Å². The van der Waals surface area contributed by atoms with E-state index in [1.165, 1.54) is 41.1 Å². The molecular formula is C26H22F3N5OS. The number of benzene rings is 1. The van der Waals surface area contributed by atoms with E-state index in [1.807, 2.05) is 18.2 Å². The van der Waals surface area contributed by atoms with E-state index in [4.69, 9.17) is 16.0 Å². The molecule has 2 aliphatic carbocycles. The molecule has 2 N–H and O–H groups in total. The van der Waals surface area contributed by atoms with Crippen LogP contribution in [0, 0.1) is 17.2 Å². The van der Waals surface area contributed by atoms with Crippen LogP contribution in [0.3, 0.4) is 0 Å². The molecule has 2 aromatic rings. The Labute approximate surface area is 210 Å². The number of aromatic nitrogens is 1. The molecule has 2 aliphatic heterocycles. The second kappa shape index (κ2) is 7.84. The van der Waals surface area contributed by atoms with E-state index in [9.17, 15) is 18.0 Å². The van der Waals surface area contributed by atoms with Crippen LogP contribution in [0.5, 0.6) is 0 Å². The normalized spacial score (nSPS) is 29.9. The SMILES string of the molecule is N#Cc1ccc(/C(F)=C/c2ccc3c(c2)[C@@]2(C3)N=C(N)S[C@@]3(C(=O)N4CCCC(F)(F)C4)C[C@H]32)nc1. The van der Waals surface area contributed by atoms with Crippen molar-refractivity contribution in [3.8, 4) is 6.07 Å². The number of nitriles is 1. The predicted molar refractivity (Wildman–Crippen MR) is 131 cm³/mol. The number of amides is 1. The van der Waals surface area contributed by atoms with Crippen LogP contribution < -0.4 is 5.73 Å². The number of alkyl halides is 2. The topological polar surface area (TPSA) is 95.4 Å². The smallest absolute Gasteiger partial charge is 0.265 e. The van der Waals surface area contributed by atoms with Gasteiger partial charge < -0.3 is 10.6 Å². The largest absolute Gasteiger partial charge is 0.378 e. The minimum atomic E-state index is -2.87. The summed E-state index contributed by atoms with van der Waals surface area (Å²) in [6, 6.07) is 10.5. The van der Waals surface area contributed by atoms with Crippen LogP contribution in [0.4, 0.5) is 13.2 Å². The van der Waals surface area contributed by atoms with E-state index in [0.29, 0.717) is 30.5 Å². The van der Waals surface area contributed by atoms with Gasteiger partial charge in [-0.3, -0.25) is 14.8 Å². The standard InChI is InChI=1S/C26H22F3N5OS/c27-19(20-5-3-16(12-30)13-32-20)9-15-2-4-17-10-25(18(17)8-15)21-11-26(21,36-23(31)33-25)22(35)34-7-1-6-24(28,29)14-34/h2-5,8-9,13,21H,1,6-7,10-11,14H2,(H2,31,33)/b19-9-/t21-,25+,26-/m0/s1. The Morgan fingerprint density at radius 2 is 2.14 bits per heavy atom. The monoisotopic (exact) mass is 509 g/mol. The van der Waals surface area contributed by atoms with Gasteiger partial charge in [-0.25, -0.2) is 13.2 Å². The Morgan fingerprint density at radius 3 is 2.86 bits per heavy atom. The number of piperidine rings is 1. The average Bonchev–Trinajstić information content (AvgIpc) is 3.59. The number of carbonyl (C=O) groups excluding carboxylic acids is 1. The fourth-order valence-electron chi connectivity index (χ4n) is 5.83. The molecule has 1 spiro atoms. The molecule has 1 saturated heterocycles. The van der Waals surface area contributed by atoms with Crippen molar-refractivity contribution in [3.05, 3.63) is 64.5 Å². The fraction of sp³-hybridized carbons (Fsp3) is 0.385. The molecular weight excluding hydrogens is 487 g/mol. The number of aliphatic imine (C=N–C) groups is 1. The number of pyridine rings is 1. The minimum Gasteiger partial charge on any atom is -0.378 e. The summed E-state index contributed by atoms with van der Waals surface area (Å²) in [6.07, 6.45) is 3.87. The van der Waals surface area contributed by atoms with Crippen molar-refractivity contribution in [2.24, 2.45) is 16.6 Å². The van der Waals surface area contributed by atoms with Crippen LogP contribution in [0.15, 0.2) is 41.5 Å². The first kappa shape index (κ1) is 23.1. The van der Waals surface area contributed by atoms with Gasteiger partial charge in [0.05, 0.1) is 23.3 Å². The van der Waals surface area contributed by atoms with E-state index in [2.05, 4.69) is 4.98 Å². The highest BCUT2D eigenvalue weighted by Crippen LogP contribution is 2.70. The molecule has 184 valence electrons. The van der Waals surface area contributed by atoms with Gasteiger partial charge in [0.25, 0.3) is 5.92 Å². The van der Waals surface area contributed by atoms with Crippen LogP contribution in [-0.2, 0) is 16.8 Å². The van der Waals surface area contributed by atoms with Crippen molar-refractivity contribution in [2.75, 3.05) is 13.1 Å². The van der Waals surface area contributed by atoms with Gasteiger partial charge in [0.15, 0.2) is 5.17 Å². The average molecular weight is 510 g/mol. The molecule has 0 unspecified atom stereocenters. The van der Waals surface area contributed by atoms with Gasteiger partial charge in [-0.05, 0) is 53.8 Å². The summed E-state index contributed by atoms with van der Waals surface area (Å²) in [6.45, 7) is -0.235. The molecule has 4 aliphatic rings. The van der Waals surface area contributed by atoms with Gasteiger partial charge in [0, 0.05) is 31.5 Å². The third-order valence-electron chi connectivity index (χ3n) is 7.62. The highest BCUT2D eigenvalue weighted by molar-refractivity contribution is 8.15. The Hall–Kier alpha value is -3.32. The van der Waals surface area contributed by atoms with Crippen LogP contribution in [-0.4, -0.2) is 44.7 Å². The molecule has 1 aromatic carbocycles. The summed E-state index contributed by atoms with van der Waals surface area (Å²) in [7, 11) is 0. The Bertz CT molecular complexity index is 1380. The molecule has 0 bridgehead atoms. The van der Waals surface area contributed by atoms with Gasteiger partial charge in [0.1, 0.15) is 16.6 Å². The van der Waals surface area contributed by atoms with Gasteiger partial charge in [-0.15, -0.1) is 0 Å². The van der Waals surface area contributed by atoms with E-state index in [0.717, 1.165) is 11.1 Å². The van der Waals surface area contributed by atoms with Gasteiger partial charge >= 0.3 is 0 Å². The Kier molecular flexibility index (Phi) is 5.03. The van der Waals surface area contributed by atoms with Crippen molar-refractivity contribution in [1.29, 1.82) is 5.26 Å². The van der Waals surface area contributed by atoms with Gasteiger partial charge in [0.2, 0.25) is 5.91 Å². The number of hydrogen-bond acceptors (Lipinski definition) is 6. The highest BCUT2D eigenvalue weighted by Gasteiger charge is 2.74. The van der Waals surface area contributed by atoms with E-state index < -0.39 is 28.6 Å². The first-order chi connectivity index (χ1) is 17.2. The van der Waals surface area contributed by atoms with E-state index >= 15 is 0 Å². The first-order valence-electron chi connectivity index (χ1n) is 11.7. The number of carbonyl (C=O) groups is 1. The molecule has 1 saturated carbocycles. The predicted octanol–water partition coefficient (Wildman–Crippen LogP) is 4.25. The molecule has 0 radical (unpaired) electrons. The summed E-state index contributed by atoms with van der Waals surface area (Å²) >= 11 is 1.19. The van der Waals surface area contributed by atoms with E-state index in [1.54, 1.807) is 6.07 Å². The lowest BCUT2D eigenvalue weighted by Gasteiger charge is -2.46. The molecule has 1 aromatic heterocycles. The van der Waals surface area contributed by atoms with Crippen molar-refractivity contribution in [3.63, 3.8) is 0 Å². The lowest BCUT2D eigenvalue weighted by atomic mass is 9.66. The third kappa shape index (κ3) is 3.52. The van der Waals surface area contributed by atoms with Crippen LogP contribution >= 0.6 is 11.8 Å². The number of likely N-dealkylation sites (tertiary alicyclic amines) is 1. The number of hydrogen-bond donors (Lipinski definition) is 1. The van der Waals surface area contributed by atoms with Crippen molar-refractivity contribution in [2.45, 2.75) is 41.9 Å². The zero-order valence-electron chi connectivity index (χ0n) is 19.2. The maximum atomic E-state index is 14.9. The molecule has 3 atom stereocenters. The van der Waals surface area contributed by atoms with Crippen LogP contribution in [0.25, 0.3) is 11.9 Å². The van der Waals surface area contributed by atoms with Crippen molar-refractivity contribution < 1.29 is 18.0 Å². The quantitative estimate of drug-likeness (QED) is 0.668. The second-order valence-electron chi connectivity index (χ2n) is 9.94. The summed E-state index contributed by atoms with van der Waals surface area (Å²) < 4.78 is 42.1. The number of rotatable bonds is 3. The molecule has 6 rings (SSSR count).